The zero-order valence-corrected chi connectivity index (χ0v) is 21.3. The fourth-order valence-electron chi connectivity index (χ4n) is 4.93. The SMILES string of the molecule is Cc1ccc2cc1CNC(=O)C(c1cnn(C)c1)NC(=O)CCCCC(=O)N1CCCC(CCO2)C1. The molecule has 4 rings (SSSR count). The number of nitrogens with zero attached hydrogens (tertiary/aromatic N) is 3. The minimum atomic E-state index is -0.844. The molecule has 0 aliphatic carbocycles. The number of ether oxygens (including phenoxy) is 1. The fraction of sp³-hybridized carbons (Fsp3) is 0.556. The van der Waals surface area contributed by atoms with E-state index in [1.807, 2.05) is 30.0 Å². The monoisotopic (exact) mass is 495 g/mol. The van der Waals surface area contributed by atoms with E-state index >= 15 is 0 Å². The summed E-state index contributed by atoms with van der Waals surface area (Å²) in [6.45, 7) is 4.50. The van der Waals surface area contributed by atoms with E-state index in [1.165, 1.54) is 0 Å². The number of aryl methyl sites for hydroxylation is 2. The molecule has 1 saturated heterocycles. The van der Waals surface area contributed by atoms with Crippen LogP contribution in [0, 0.1) is 12.8 Å². The second kappa shape index (κ2) is 12.1. The van der Waals surface area contributed by atoms with Crippen molar-refractivity contribution in [3.63, 3.8) is 0 Å². The Balaban J connectivity index is 1.51. The van der Waals surface area contributed by atoms with Crippen LogP contribution in [0.5, 0.6) is 5.75 Å². The molecule has 1 aromatic heterocycles. The Kier molecular flexibility index (Phi) is 8.61. The molecule has 3 heterocycles. The number of aromatic nitrogens is 2. The van der Waals surface area contributed by atoms with Crippen LogP contribution in [-0.4, -0.2) is 52.1 Å². The van der Waals surface area contributed by atoms with Gasteiger partial charge in [0, 0.05) is 51.3 Å². The van der Waals surface area contributed by atoms with Gasteiger partial charge in [0.2, 0.25) is 17.7 Å². The highest BCUT2D eigenvalue weighted by molar-refractivity contribution is 5.88. The lowest BCUT2D eigenvalue weighted by atomic mass is 9.94. The molecule has 2 aliphatic rings. The van der Waals surface area contributed by atoms with E-state index in [-0.39, 0.29) is 24.1 Å². The number of hydrogen-bond donors (Lipinski definition) is 2. The molecule has 0 spiro atoms. The summed E-state index contributed by atoms with van der Waals surface area (Å²) in [5.74, 6) is 0.844. The summed E-state index contributed by atoms with van der Waals surface area (Å²) in [6.07, 6.45) is 8.29. The lowest BCUT2D eigenvalue weighted by molar-refractivity contribution is -0.133. The Labute approximate surface area is 212 Å². The molecule has 2 N–H and O–H groups in total. The van der Waals surface area contributed by atoms with E-state index in [4.69, 9.17) is 4.74 Å². The van der Waals surface area contributed by atoms with E-state index in [0.717, 1.165) is 49.2 Å². The Morgan fingerprint density at radius 1 is 1.08 bits per heavy atom. The fourth-order valence-corrected chi connectivity index (χ4v) is 4.93. The molecule has 3 amide bonds. The van der Waals surface area contributed by atoms with Crippen LogP contribution in [0.25, 0.3) is 0 Å². The molecule has 4 bridgehead atoms. The smallest absolute Gasteiger partial charge is 0.247 e. The molecule has 1 aromatic carbocycles. The number of nitrogens with one attached hydrogen (secondary N) is 2. The highest BCUT2D eigenvalue weighted by Crippen LogP contribution is 2.23. The molecule has 2 aromatic rings. The molecular formula is C27H37N5O4. The van der Waals surface area contributed by atoms with Gasteiger partial charge in [-0.05, 0) is 68.2 Å². The van der Waals surface area contributed by atoms with Gasteiger partial charge in [-0.3, -0.25) is 19.1 Å². The van der Waals surface area contributed by atoms with Crippen molar-refractivity contribution in [3.8, 4) is 5.75 Å². The van der Waals surface area contributed by atoms with Crippen molar-refractivity contribution in [1.29, 1.82) is 0 Å². The first kappa shape index (κ1) is 25.7. The van der Waals surface area contributed by atoms with Gasteiger partial charge in [0.15, 0.2) is 0 Å². The highest BCUT2D eigenvalue weighted by Gasteiger charge is 2.25. The van der Waals surface area contributed by atoms with Crippen molar-refractivity contribution in [2.75, 3.05) is 19.7 Å². The first-order chi connectivity index (χ1) is 17.4. The van der Waals surface area contributed by atoms with Crippen LogP contribution in [-0.2, 0) is 28.0 Å². The van der Waals surface area contributed by atoms with Crippen LogP contribution in [0.1, 0.15) is 67.7 Å². The predicted octanol–water partition coefficient (Wildman–Crippen LogP) is 2.78. The zero-order chi connectivity index (χ0) is 25.5. The number of hydrogen-bond acceptors (Lipinski definition) is 5. The van der Waals surface area contributed by atoms with Crippen molar-refractivity contribution in [2.45, 2.75) is 64.5 Å². The summed E-state index contributed by atoms with van der Waals surface area (Å²) in [6, 6.07) is 5.05. The highest BCUT2D eigenvalue weighted by atomic mass is 16.5. The Bertz CT molecular complexity index is 1080. The summed E-state index contributed by atoms with van der Waals surface area (Å²) in [5, 5.41) is 9.99. The van der Waals surface area contributed by atoms with Crippen molar-refractivity contribution in [3.05, 3.63) is 47.3 Å². The van der Waals surface area contributed by atoms with Crippen LogP contribution >= 0.6 is 0 Å². The predicted molar refractivity (Wildman–Crippen MR) is 135 cm³/mol. The minimum absolute atomic E-state index is 0.159. The minimum Gasteiger partial charge on any atom is -0.494 e. The number of fused-ring (bicyclic) bond motifs is 4. The van der Waals surface area contributed by atoms with Gasteiger partial charge in [-0.25, -0.2) is 0 Å². The van der Waals surface area contributed by atoms with E-state index in [9.17, 15) is 14.4 Å². The normalized spacial score (nSPS) is 22.8. The van der Waals surface area contributed by atoms with Gasteiger partial charge < -0.3 is 20.3 Å². The Hall–Kier alpha value is -3.36. The molecule has 2 atom stereocenters. The maximum atomic E-state index is 13.2. The van der Waals surface area contributed by atoms with E-state index in [2.05, 4.69) is 15.7 Å². The molecular weight excluding hydrogens is 458 g/mol. The molecule has 9 nitrogen and oxygen atoms in total. The molecule has 0 saturated carbocycles. The van der Waals surface area contributed by atoms with E-state index in [0.29, 0.717) is 43.9 Å². The maximum Gasteiger partial charge on any atom is 0.247 e. The average Bonchev–Trinajstić information content (AvgIpc) is 3.30. The number of carbonyl (C=O) groups is 3. The summed E-state index contributed by atoms with van der Waals surface area (Å²) in [4.78, 5) is 40.6. The Morgan fingerprint density at radius 2 is 1.92 bits per heavy atom. The van der Waals surface area contributed by atoms with Gasteiger partial charge in [-0.15, -0.1) is 0 Å². The van der Waals surface area contributed by atoms with Gasteiger partial charge in [0.25, 0.3) is 0 Å². The van der Waals surface area contributed by atoms with Crippen molar-refractivity contribution in [2.24, 2.45) is 13.0 Å². The van der Waals surface area contributed by atoms with Crippen molar-refractivity contribution < 1.29 is 19.1 Å². The second-order valence-electron chi connectivity index (χ2n) is 9.95. The molecule has 9 heteroatoms. The number of benzene rings is 1. The van der Waals surface area contributed by atoms with Gasteiger partial charge in [-0.2, -0.15) is 5.10 Å². The first-order valence-electron chi connectivity index (χ1n) is 12.9. The number of carbonyl (C=O) groups excluding carboxylic acids is 3. The quantitative estimate of drug-likeness (QED) is 0.633. The standard InChI is InChI=1S/C27H37N5O4/c1-19-9-10-23-14-21(19)15-28-27(35)26(22-16-29-31(2)18-22)30-24(33)7-3-4-8-25(34)32-12-5-6-20(17-32)11-13-36-23/h9-10,14,16,18,20,26H,3-8,11-13,15,17H2,1-2H3,(H,28,35)(H,30,33). The summed E-state index contributed by atoms with van der Waals surface area (Å²) in [5.41, 5.74) is 2.63. The van der Waals surface area contributed by atoms with Crippen LogP contribution < -0.4 is 15.4 Å². The summed E-state index contributed by atoms with van der Waals surface area (Å²) in [7, 11) is 1.77. The molecule has 1 fully saturated rings. The average molecular weight is 496 g/mol. The first-order valence-corrected chi connectivity index (χ1v) is 12.9. The third-order valence-corrected chi connectivity index (χ3v) is 7.11. The number of piperidine rings is 1. The zero-order valence-electron chi connectivity index (χ0n) is 21.3. The van der Waals surface area contributed by atoms with Crippen LogP contribution in [0.4, 0.5) is 0 Å². The molecule has 194 valence electrons. The number of amides is 3. The third kappa shape index (κ3) is 6.86. The van der Waals surface area contributed by atoms with Crippen LogP contribution in [0.15, 0.2) is 30.6 Å². The van der Waals surface area contributed by atoms with E-state index in [1.54, 1.807) is 24.1 Å². The topological polar surface area (TPSA) is 106 Å². The molecule has 2 aliphatic heterocycles. The summed E-state index contributed by atoms with van der Waals surface area (Å²) < 4.78 is 7.66. The van der Waals surface area contributed by atoms with Gasteiger partial charge in [-0.1, -0.05) is 6.07 Å². The van der Waals surface area contributed by atoms with Gasteiger partial charge >= 0.3 is 0 Å². The third-order valence-electron chi connectivity index (χ3n) is 7.11. The number of rotatable bonds is 1. The van der Waals surface area contributed by atoms with Crippen molar-refractivity contribution >= 4 is 17.7 Å². The van der Waals surface area contributed by atoms with E-state index < -0.39 is 6.04 Å². The summed E-state index contributed by atoms with van der Waals surface area (Å²) >= 11 is 0. The maximum absolute atomic E-state index is 13.2. The Morgan fingerprint density at radius 3 is 2.72 bits per heavy atom. The molecule has 0 radical (unpaired) electrons. The second-order valence-corrected chi connectivity index (χ2v) is 9.95. The largest absolute Gasteiger partial charge is 0.494 e. The van der Waals surface area contributed by atoms with Crippen LogP contribution in [0.2, 0.25) is 0 Å². The lowest BCUT2D eigenvalue weighted by Gasteiger charge is -2.33. The van der Waals surface area contributed by atoms with Gasteiger partial charge in [0.1, 0.15) is 11.8 Å². The van der Waals surface area contributed by atoms with Crippen LogP contribution in [0.3, 0.4) is 0 Å². The molecule has 2 unspecified atom stereocenters. The molecule has 36 heavy (non-hydrogen) atoms. The van der Waals surface area contributed by atoms with Crippen molar-refractivity contribution in [1.82, 2.24) is 25.3 Å². The van der Waals surface area contributed by atoms with Gasteiger partial charge in [0.05, 0.1) is 12.8 Å². The lowest BCUT2D eigenvalue weighted by Crippen LogP contribution is -2.40.